The van der Waals surface area contributed by atoms with Gasteiger partial charge in [0.25, 0.3) is 0 Å². The molecule has 5 nitrogen and oxygen atoms in total. The average Bonchev–Trinajstić information content (AvgIpc) is 2.89. The first-order chi connectivity index (χ1) is 9.82. The third kappa shape index (κ3) is 2.54. The smallest absolute Gasteiger partial charge is 0.399 e. The van der Waals surface area contributed by atoms with E-state index in [1.807, 2.05) is 6.20 Å². The molecule has 0 atom stereocenters. The van der Waals surface area contributed by atoms with Crippen LogP contribution >= 0.6 is 0 Å². The fraction of sp³-hybridized carbons (Fsp3) is 0.800. The van der Waals surface area contributed by atoms with Gasteiger partial charge >= 0.3 is 7.12 Å². The Kier molecular flexibility index (Phi) is 3.67. The van der Waals surface area contributed by atoms with Crippen molar-refractivity contribution in [3.05, 3.63) is 11.9 Å². The lowest BCUT2D eigenvalue weighted by Crippen LogP contribution is -2.41. The highest BCUT2D eigenvalue weighted by Gasteiger charge is 2.52. The molecular weight excluding hydrogens is 265 g/mol. The molecule has 0 bridgehead atoms. The van der Waals surface area contributed by atoms with Gasteiger partial charge in [-0.2, -0.15) is 5.10 Å². The summed E-state index contributed by atoms with van der Waals surface area (Å²) in [6, 6.07) is 0.488. The summed E-state index contributed by atoms with van der Waals surface area (Å²) >= 11 is 0. The molecule has 0 aliphatic carbocycles. The van der Waals surface area contributed by atoms with Crippen LogP contribution in [0.1, 0.15) is 52.3 Å². The van der Waals surface area contributed by atoms with Crippen molar-refractivity contribution in [3.8, 4) is 0 Å². The van der Waals surface area contributed by atoms with Crippen LogP contribution in [0.2, 0.25) is 0 Å². The van der Waals surface area contributed by atoms with Crippen molar-refractivity contribution in [1.29, 1.82) is 0 Å². The van der Waals surface area contributed by atoms with Crippen LogP contribution in [0.25, 0.3) is 0 Å². The topological polar surface area (TPSA) is 48.3 Å². The molecule has 2 aliphatic heterocycles. The zero-order chi connectivity index (χ0) is 15.3. The van der Waals surface area contributed by atoms with Crippen molar-refractivity contribution in [2.24, 2.45) is 0 Å². The summed E-state index contributed by atoms with van der Waals surface area (Å²) in [4.78, 5) is 0. The largest absolute Gasteiger partial charge is 0.498 e. The highest BCUT2D eigenvalue weighted by Crippen LogP contribution is 2.36. The molecule has 0 unspecified atom stereocenters. The summed E-state index contributed by atoms with van der Waals surface area (Å²) in [5.41, 5.74) is 1.62. The van der Waals surface area contributed by atoms with Gasteiger partial charge in [-0.3, -0.25) is 4.68 Å². The molecule has 0 saturated carbocycles. The first-order valence-electron chi connectivity index (χ1n) is 7.92. The molecule has 2 saturated heterocycles. The predicted octanol–water partition coefficient (Wildman–Crippen LogP) is 1.42. The Morgan fingerprint density at radius 2 is 1.76 bits per heavy atom. The maximum Gasteiger partial charge on any atom is 0.498 e. The van der Waals surface area contributed by atoms with Gasteiger partial charge < -0.3 is 14.6 Å². The fourth-order valence-corrected chi connectivity index (χ4v) is 3.06. The second kappa shape index (κ2) is 5.11. The van der Waals surface area contributed by atoms with Crippen LogP contribution in [0.3, 0.4) is 0 Å². The van der Waals surface area contributed by atoms with E-state index < -0.39 is 0 Å². The first kappa shape index (κ1) is 15.1. The molecule has 1 aromatic rings. The number of hydrogen-bond acceptors (Lipinski definition) is 4. The van der Waals surface area contributed by atoms with Crippen LogP contribution in [-0.4, -0.2) is 41.2 Å². The van der Waals surface area contributed by atoms with Crippen molar-refractivity contribution in [1.82, 2.24) is 15.1 Å². The van der Waals surface area contributed by atoms with Crippen molar-refractivity contribution in [2.45, 2.75) is 64.7 Å². The lowest BCUT2D eigenvalue weighted by molar-refractivity contribution is 0.00578. The molecule has 0 radical (unpaired) electrons. The van der Waals surface area contributed by atoms with Crippen LogP contribution in [0, 0.1) is 6.92 Å². The summed E-state index contributed by atoms with van der Waals surface area (Å²) < 4.78 is 14.4. The Morgan fingerprint density at radius 3 is 2.33 bits per heavy atom. The summed E-state index contributed by atoms with van der Waals surface area (Å²) in [7, 11) is -0.314. The molecule has 0 amide bonds. The van der Waals surface area contributed by atoms with Gasteiger partial charge in [-0.1, -0.05) is 0 Å². The van der Waals surface area contributed by atoms with Gasteiger partial charge in [0.1, 0.15) is 0 Å². The summed E-state index contributed by atoms with van der Waals surface area (Å²) in [5.74, 6) is 0. The van der Waals surface area contributed by atoms with Crippen molar-refractivity contribution >= 4 is 12.6 Å². The number of nitrogens with zero attached hydrogens (tertiary/aromatic N) is 2. The number of aromatic nitrogens is 2. The summed E-state index contributed by atoms with van der Waals surface area (Å²) in [6.07, 6.45) is 4.18. The molecule has 3 rings (SSSR count). The van der Waals surface area contributed by atoms with E-state index in [1.165, 1.54) is 5.69 Å². The number of rotatable bonds is 2. The molecule has 0 aromatic carbocycles. The Bertz CT molecular complexity index is 505. The molecule has 21 heavy (non-hydrogen) atoms. The Balaban J connectivity index is 1.83. The first-order valence-corrected chi connectivity index (χ1v) is 7.92. The molecule has 6 heteroatoms. The van der Waals surface area contributed by atoms with Crippen molar-refractivity contribution in [2.75, 3.05) is 13.1 Å². The van der Waals surface area contributed by atoms with E-state index in [1.54, 1.807) is 0 Å². The summed E-state index contributed by atoms with van der Waals surface area (Å²) in [6.45, 7) is 12.6. The average molecular weight is 291 g/mol. The summed E-state index contributed by atoms with van der Waals surface area (Å²) in [5, 5.41) is 8.01. The van der Waals surface area contributed by atoms with E-state index in [0.29, 0.717) is 6.04 Å². The Labute approximate surface area is 127 Å². The monoisotopic (exact) mass is 291 g/mol. The van der Waals surface area contributed by atoms with Gasteiger partial charge in [-0.25, -0.2) is 0 Å². The number of hydrogen-bond donors (Lipinski definition) is 1. The van der Waals surface area contributed by atoms with Gasteiger partial charge in [-0.15, -0.1) is 0 Å². The van der Waals surface area contributed by atoms with E-state index >= 15 is 0 Å². The molecule has 3 heterocycles. The molecule has 2 fully saturated rings. The fourth-order valence-electron chi connectivity index (χ4n) is 3.06. The molecular formula is C15H26BN3O2. The second-order valence-electron chi connectivity index (χ2n) is 7.20. The van der Waals surface area contributed by atoms with E-state index in [-0.39, 0.29) is 18.3 Å². The standard InChI is InChI=1S/C15H26BN3O2/c1-11-13(16-20-14(2,3)15(4,5)21-16)10-18-19(11)12-6-8-17-9-7-12/h10,12,17H,6-9H2,1-5H3. The zero-order valence-corrected chi connectivity index (χ0v) is 13.8. The Hall–Kier alpha value is -0.845. The van der Waals surface area contributed by atoms with Crippen molar-refractivity contribution < 1.29 is 9.31 Å². The lowest BCUT2D eigenvalue weighted by Gasteiger charge is -2.32. The molecule has 0 spiro atoms. The van der Waals surface area contributed by atoms with E-state index in [0.717, 1.165) is 31.4 Å². The third-order valence-electron chi connectivity index (χ3n) is 5.24. The van der Waals surface area contributed by atoms with Gasteiger partial charge in [0, 0.05) is 17.4 Å². The van der Waals surface area contributed by atoms with Crippen LogP contribution in [0.5, 0.6) is 0 Å². The molecule has 1 N–H and O–H groups in total. The normalized spacial score (nSPS) is 25.5. The van der Waals surface area contributed by atoms with E-state index in [2.05, 4.69) is 49.7 Å². The van der Waals surface area contributed by atoms with Gasteiger partial charge in [0.15, 0.2) is 0 Å². The third-order valence-corrected chi connectivity index (χ3v) is 5.24. The van der Waals surface area contributed by atoms with Crippen LogP contribution in [0.4, 0.5) is 0 Å². The van der Waals surface area contributed by atoms with Crippen LogP contribution in [-0.2, 0) is 9.31 Å². The predicted molar refractivity (Wildman–Crippen MR) is 83.8 cm³/mol. The quantitative estimate of drug-likeness (QED) is 0.837. The van der Waals surface area contributed by atoms with Crippen LogP contribution in [0.15, 0.2) is 6.20 Å². The van der Waals surface area contributed by atoms with E-state index in [4.69, 9.17) is 9.31 Å². The number of piperidine rings is 1. The zero-order valence-electron chi connectivity index (χ0n) is 13.8. The minimum Gasteiger partial charge on any atom is -0.399 e. The van der Waals surface area contributed by atoms with Crippen molar-refractivity contribution in [3.63, 3.8) is 0 Å². The van der Waals surface area contributed by atoms with Crippen LogP contribution < -0.4 is 10.8 Å². The SMILES string of the molecule is Cc1c(B2OC(C)(C)C(C)(C)O2)cnn1C1CCNCC1. The molecule has 116 valence electrons. The van der Waals surface area contributed by atoms with Gasteiger partial charge in [0.2, 0.25) is 0 Å². The highest BCUT2D eigenvalue weighted by molar-refractivity contribution is 6.62. The molecule has 1 aromatic heterocycles. The maximum atomic E-state index is 6.14. The van der Waals surface area contributed by atoms with Gasteiger partial charge in [0.05, 0.1) is 17.2 Å². The van der Waals surface area contributed by atoms with Gasteiger partial charge in [-0.05, 0) is 60.5 Å². The lowest BCUT2D eigenvalue weighted by atomic mass is 9.79. The maximum absolute atomic E-state index is 6.14. The van der Waals surface area contributed by atoms with E-state index in [9.17, 15) is 0 Å². The number of nitrogens with one attached hydrogen (secondary N) is 1. The highest BCUT2D eigenvalue weighted by atomic mass is 16.7. The minimum atomic E-state index is -0.314. The molecule has 2 aliphatic rings. The minimum absolute atomic E-state index is 0.305. The Morgan fingerprint density at radius 1 is 1.19 bits per heavy atom. The second-order valence-corrected chi connectivity index (χ2v) is 7.20.